The molecule has 2 saturated heterocycles. The number of hydrogen-bond donors (Lipinski definition) is 0. The molecular weight excluding hydrogens is 264 g/mol. The van der Waals surface area contributed by atoms with Crippen molar-refractivity contribution in [2.45, 2.75) is 39.2 Å². The van der Waals surface area contributed by atoms with Gasteiger partial charge >= 0.3 is 0 Å². The number of aromatic nitrogens is 2. The molecule has 0 unspecified atom stereocenters. The van der Waals surface area contributed by atoms with E-state index in [0.717, 1.165) is 51.4 Å². The smallest absolute Gasteiger partial charge is 0.222 e. The van der Waals surface area contributed by atoms with Crippen LogP contribution in [0.1, 0.15) is 31.5 Å². The van der Waals surface area contributed by atoms with E-state index in [4.69, 9.17) is 0 Å². The van der Waals surface area contributed by atoms with Crippen LogP contribution in [0.25, 0.3) is 0 Å². The maximum atomic E-state index is 11.7. The predicted molar refractivity (Wildman–Crippen MR) is 81.9 cm³/mol. The number of piperidine rings is 1. The van der Waals surface area contributed by atoms with Crippen LogP contribution < -0.4 is 0 Å². The number of imidazole rings is 1. The summed E-state index contributed by atoms with van der Waals surface area (Å²) in [5.74, 6) is 2.16. The zero-order valence-electron chi connectivity index (χ0n) is 13.0. The molecule has 0 saturated carbocycles. The lowest BCUT2D eigenvalue weighted by Gasteiger charge is -2.34. The molecule has 0 radical (unpaired) electrons. The maximum Gasteiger partial charge on any atom is 0.222 e. The van der Waals surface area contributed by atoms with Crippen LogP contribution in [0.4, 0.5) is 0 Å². The minimum absolute atomic E-state index is 0.345. The average Bonchev–Trinajstić information content (AvgIpc) is 3.07. The first kappa shape index (κ1) is 14.6. The van der Waals surface area contributed by atoms with E-state index in [1.165, 1.54) is 19.4 Å². The van der Waals surface area contributed by atoms with Crippen molar-refractivity contribution in [2.24, 2.45) is 5.92 Å². The van der Waals surface area contributed by atoms with Crippen molar-refractivity contribution in [1.29, 1.82) is 0 Å². The van der Waals surface area contributed by atoms with Gasteiger partial charge in [-0.25, -0.2) is 4.98 Å². The van der Waals surface area contributed by atoms with Gasteiger partial charge in [0.25, 0.3) is 0 Å². The Hall–Kier alpha value is -1.36. The fourth-order valence-corrected chi connectivity index (χ4v) is 3.58. The van der Waals surface area contributed by atoms with E-state index < -0.39 is 0 Å². The fraction of sp³-hybridized carbons (Fsp3) is 0.750. The van der Waals surface area contributed by atoms with Crippen molar-refractivity contribution >= 4 is 5.91 Å². The Bertz CT molecular complexity index is 484. The van der Waals surface area contributed by atoms with E-state index in [9.17, 15) is 4.79 Å². The standard InChI is InChI=1S/C16H26N4O/c1-14-17-6-9-20(14)13-15-4-2-7-18(12-15)10-11-19-8-3-5-16(19)21/h6,9,15H,2-5,7-8,10-13H2,1H3/t15-/m0/s1. The lowest BCUT2D eigenvalue weighted by molar-refractivity contribution is -0.127. The molecule has 116 valence electrons. The number of hydrogen-bond acceptors (Lipinski definition) is 3. The van der Waals surface area contributed by atoms with Crippen molar-refractivity contribution in [3.63, 3.8) is 0 Å². The molecule has 0 spiro atoms. The zero-order chi connectivity index (χ0) is 14.7. The molecule has 0 aromatic carbocycles. The summed E-state index contributed by atoms with van der Waals surface area (Å²) in [6, 6.07) is 0. The van der Waals surface area contributed by atoms with Crippen LogP contribution in [0.5, 0.6) is 0 Å². The highest BCUT2D eigenvalue weighted by atomic mass is 16.2. The monoisotopic (exact) mass is 290 g/mol. The van der Waals surface area contributed by atoms with E-state index in [0.29, 0.717) is 11.8 Å². The van der Waals surface area contributed by atoms with E-state index in [1.54, 1.807) is 0 Å². The summed E-state index contributed by atoms with van der Waals surface area (Å²) in [5, 5.41) is 0. The number of rotatable bonds is 5. The molecule has 0 N–H and O–H groups in total. The first-order valence-electron chi connectivity index (χ1n) is 8.20. The van der Waals surface area contributed by atoms with Crippen LogP contribution in [0.3, 0.4) is 0 Å². The van der Waals surface area contributed by atoms with Crippen molar-refractivity contribution in [3.05, 3.63) is 18.2 Å². The number of nitrogens with zero attached hydrogens (tertiary/aromatic N) is 4. The Balaban J connectivity index is 1.47. The highest BCUT2D eigenvalue weighted by Gasteiger charge is 2.23. The van der Waals surface area contributed by atoms with Crippen LogP contribution in [-0.4, -0.2) is 58.0 Å². The second kappa shape index (κ2) is 6.60. The number of aryl methyl sites for hydroxylation is 1. The molecule has 5 nitrogen and oxygen atoms in total. The molecule has 2 aliphatic rings. The van der Waals surface area contributed by atoms with Crippen LogP contribution in [0.15, 0.2) is 12.4 Å². The number of carbonyl (C=O) groups excluding carboxylic acids is 1. The first-order chi connectivity index (χ1) is 10.2. The Labute approximate surface area is 126 Å². The van der Waals surface area contributed by atoms with Gasteiger partial charge in [-0.2, -0.15) is 0 Å². The van der Waals surface area contributed by atoms with Crippen LogP contribution in [-0.2, 0) is 11.3 Å². The van der Waals surface area contributed by atoms with Gasteiger partial charge in [0.1, 0.15) is 5.82 Å². The Morgan fingerprint density at radius 3 is 2.90 bits per heavy atom. The third-order valence-corrected chi connectivity index (χ3v) is 4.84. The molecule has 2 aliphatic heterocycles. The van der Waals surface area contributed by atoms with Crippen molar-refractivity contribution < 1.29 is 4.79 Å². The molecule has 1 aromatic rings. The van der Waals surface area contributed by atoms with Crippen molar-refractivity contribution in [2.75, 3.05) is 32.7 Å². The minimum atomic E-state index is 0.345. The van der Waals surface area contributed by atoms with Gasteiger partial charge in [-0.1, -0.05) is 0 Å². The van der Waals surface area contributed by atoms with E-state index in [2.05, 4.69) is 27.6 Å². The van der Waals surface area contributed by atoms with Gasteiger partial charge in [-0.15, -0.1) is 0 Å². The molecular formula is C16H26N4O. The minimum Gasteiger partial charge on any atom is -0.341 e. The molecule has 3 heterocycles. The summed E-state index contributed by atoms with van der Waals surface area (Å²) in [6.45, 7) is 8.39. The lowest BCUT2D eigenvalue weighted by atomic mass is 9.98. The molecule has 3 rings (SSSR count). The second-order valence-corrected chi connectivity index (χ2v) is 6.42. The lowest BCUT2D eigenvalue weighted by Crippen LogP contribution is -2.42. The van der Waals surface area contributed by atoms with Gasteiger partial charge in [0, 0.05) is 51.5 Å². The fourth-order valence-electron chi connectivity index (χ4n) is 3.58. The van der Waals surface area contributed by atoms with Crippen LogP contribution in [0, 0.1) is 12.8 Å². The van der Waals surface area contributed by atoms with Crippen LogP contribution in [0.2, 0.25) is 0 Å². The van der Waals surface area contributed by atoms with Crippen LogP contribution >= 0.6 is 0 Å². The second-order valence-electron chi connectivity index (χ2n) is 6.42. The number of carbonyl (C=O) groups is 1. The summed E-state index contributed by atoms with van der Waals surface area (Å²) in [6.07, 6.45) is 8.33. The topological polar surface area (TPSA) is 41.4 Å². The Morgan fingerprint density at radius 2 is 2.19 bits per heavy atom. The normalized spacial score (nSPS) is 24.0. The van der Waals surface area contributed by atoms with Gasteiger partial charge in [-0.05, 0) is 38.6 Å². The summed E-state index contributed by atoms with van der Waals surface area (Å²) in [5.41, 5.74) is 0. The molecule has 1 atom stereocenters. The number of amides is 1. The highest BCUT2D eigenvalue weighted by molar-refractivity contribution is 5.78. The summed E-state index contributed by atoms with van der Waals surface area (Å²) >= 11 is 0. The summed E-state index contributed by atoms with van der Waals surface area (Å²) < 4.78 is 2.26. The zero-order valence-corrected chi connectivity index (χ0v) is 13.0. The molecule has 5 heteroatoms. The Morgan fingerprint density at radius 1 is 1.29 bits per heavy atom. The van der Waals surface area contributed by atoms with Gasteiger partial charge in [0.15, 0.2) is 0 Å². The van der Waals surface area contributed by atoms with Gasteiger partial charge in [0.05, 0.1) is 0 Å². The molecule has 2 fully saturated rings. The quantitative estimate of drug-likeness (QED) is 0.826. The molecule has 1 aromatic heterocycles. The average molecular weight is 290 g/mol. The van der Waals surface area contributed by atoms with E-state index >= 15 is 0 Å². The number of likely N-dealkylation sites (tertiary alicyclic amines) is 2. The van der Waals surface area contributed by atoms with Crippen molar-refractivity contribution in [3.8, 4) is 0 Å². The third-order valence-electron chi connectivity index (χ3n) is 4.84. The molecule has 21 heavy (non-hydrogen) atoms. The van der Waals surface area contributed by atoms with E-state index in [1.807, 2.05) is 11.1 Å². The van der Waals surface area contributed by atoms with Gasteiger partial charge in [-0.3, -0.25) is 4.79 Å². The van der Waals surface area contributed by atoms with Gasteiger partial charge < -0.3 is 14.4 Å². The first-order valence-corrected chi connectivity index (χ1v) is 8.20. The summed E-state index contributed by atoms with van der Waals surface area (Å²) in [7, 11) is 0. The molecule has 1 amide bonds. The SMILES string of the molecule is Cc1nccn1C[C@H]1CCCN(CCN2CCCC2=O)C1. The third kappa shape index (κ3) is 3.64. The van der Waals surface area contributed by atoms with Gasteiger partial charge in [0.2, 0.25) is 5.91 Å². The van der Waals surface area contributed by atoms with Crippen molar-refractivity contribution in [1.82, 2.24) is 19.4 Å². The molecule has 0 aliphatic carbocycles. The highest BCUT2D eigenvalue weighted by Crippen LogP contribution is 2.19. The van der Waals surface area contributed by atoms with E-state index in [-0.39, 0.29) is 0 Å². The molecule has 0 bridgehead atoms. The Kier molecular flexibility index (Phi) is 4.58. The largest absolute Gasteiger partial charge is 0.341 e. The maximum absolute atomic E-state index is 11.7. The predicted octanol–water partition coefficient (Wildman–Crippen LogP) is 1.53. The summed E-state index contributed by atoms with van der Waals surface area (Å²) in [4.78, 5) is 20.5.